The predicted molar refractivity (Wildman–Crippen MR) is 112 cm³/mol. The first-order valence-corrected chi connectivity index (χ1v) is 10.0. The molecule has 152 valence electrons. The normalized spacial score (nSPS) is 19.5. The highest BCUT2D eigenvalue weighted by Gasteiger charge is 2.43. The lowest BCUT2D eigenvalue weighted by atomic mass is 9.97. The molecule has 0 saturated carbocycles. The Bertz CT molecular complexity index is 1140. The zero-order valence-electron chi connectivity index (χ0n) is 15.8. The number of furan rings is 1. The maximum atomic E-state index is 11.0. The van der Waals surface area contributed by atoms with Gasteiger partial charge in [-0.3, -0.25) is 10.1 Å². The number of hydrazone groups is 1. The Balaban J connectivity index is 1.62. The van der Waals surface area contributed by atoms with Crippen LogP contribution in [0.15, 0.2) is 68.8 Å². The van der Waals surface area contributed by atoms with Crippen molar-refractivity contribution in [1.29, 1.82) is 0 Å². The third kappa shape index (κ3) is 3.02. The molecule has 3 aromatic rings. The summed E-state index contributed by atoms with van der Waals surface area (Å²) in [6.45, 7) is 0. The second-order valence-corrected chi connectivity index (χ2v) is 7.88. The first-order valence-electron chi connectivity index (χ1n) is 9.23. The smallest absolute Gasteiger partial charge is 0.269 e. The summed E-state index contributed by atoms with van der Waals surface area (Å²) in [6, 6.07) is 13.8. The number of halogens is 1. The summed E-state index contributed by atoms with van der Waals surface area (Å²) in [5.74, 6) is 1.95. The molecule has 0 radical (unpaired) electrons. The molecular formula is C21H16BrN3O5. The number of nitro benzene ring substituents is 1. The molecular weight excluding hydrogens is 454 g/mol. The van der Waals surface area contributed by atoms with E-state index in [1.165, 1.54) is 12.1 Å². The van der Waals surface area contributed by atoms with Gasteiger partial charge in [-0.2, -0.15) is 5.10 Å². The molecule has 0 saturated heterocycles. The molecule has 0 aliphatic carbocycles. The van der Waals surface area contributed by atoms with E-state index >= 15 is 0 Å². The van der Waals surface area contributed by atoms with Gasteiger partial charge in [0.1, 0.15) is 11.5 Å². The highest BCUT2D eigenvalue weighted by atomic mass is 79.9. The number of fused-ring (bicyclic) bond motifs is 3. The first kappa shape index (κ1) is 18.7. The summed E-state index contributed by atoms with van der Waals surface area (Å²) < 4.78 is 18.3. The molecule has 2 atom stereocenters. The zero-order valence-corrected chi connectivity index (χ0v) is 17.4. The Labute approximate surface area is 180 Å². The van der Waals surface area contributed by atoms with Crippen molar-refractivity contribution in [2.24, 2.45) is 5.10 Å². The van der Waals surface area contributed by atoms with Gasteiger partial charge in [0, 0.05) is 34.2 Å². The van der Waals surface area contributed by atoms with E-state index in [0.29, 0.717) is 23.7 Å². The largest absolute Gasteiger partial charge is 0.493 e. The fourth-order valence-corrected chi connectivity index (χ4v) is 4.30. The molecule has 3 heterocycles. The summed E-state index contributed by atoms with van der Waals surface area (Å²) in [7, 11) is 1.60. The van der Waals surface area contributed by atoms with Crippen LogP contribution in [0.2, 0.25) is 0 Å². The predicted octanol–water partition coefficient (Wildman–Crippen LogP) is 5.20. The lowest BCUT2D eigenvalue weighted by molar-refractivity contribution is -0.384. The minimum atomic E-state index is -0.564. The van der Waals surface area contributed by atoms with Gasteiger partial charge < -0.3 is 13.9 Å². The Morgan fingerprint density at radius 1 is 1.27 bits per heavy atom. The summed E-state index contributed by atoms with van der Waals surface area (Å²) in [5, 5.41) is 17.7. The fourth-order valence-electron chi connectivity index (χ4n) is 3.85. The summed E-state index contributed by atoms with van der Waals surface area (Å²) in [4.78, 5) is 10.6. The molecule has 30 heavy (non-hydrogen) atoms. The summed E-state index contributed by atoms with van der Waals surface area (Å²) >= 11 is 3.54. The zero-order chi connectivity index (χ0) is 20.8. The van der Waals surface area contributed by atoms with Gasteiger partial charge in [0.25, 0.3) is 5.69 Å². The molecule has 0 amide bonds. The van der Waals surface area contributed by atoms with Gasteiger partial charge in [-0.25, -0.2) is 5.01 Å². The Morgan fingerprint density at radius 2 is 2.07 bits per heavy atom. The monoisotopic (exact) mass is 469 g/mol. The molecule has 0 unspecified atom stereocenters. The average Bonchev–Trinajstić information content (AvgIpc) is 3.42. The highest BCUT2D eigenvalue weighted by Crippen LogP contribution is 2.51. The van der Waals surface area contributed by atoms with E-state index in [1.54, 1.807) is 25.5 Å². The third-order valence-corrected chi connectivity index (χ3v) is 5.69. The molecule has 1 aromatic heterocycles. The van der Waals surface area contributed by atoms with Crippen molar-refractivity contribution in [2.45, 2.75) is 18.7 Å². The maximum Gasteiger partial charge on any atom is 0.269 e. The molecule has 2 aromatic carbocycles. The number of non-ortho nitro benzene ring substituents is 1. The minimum absolute atomic E-state index is 0.0224. The molecule has 0 N–H and O–H groups in total. The fraction of sp³-hybridized carbons (Fsp3) is 0.190. The summed E-state index contributed by atoms with van der Waals surface area (Å²) in [5.41, 5.74) is 2.54. The van der Waals surface area contributed by atoms with Crippen molar-refractivity contribution in [3.8, 4) is 11.5 Å². The van der Waals surface area contributed by atoms with Gasteiger partial charge >= 0.3 is 0 Å². The van der Waals surface area contributed by atoms with Crippen molar-refractivity contribution < 1.29 is 18.8 Å². The number of hydrogen-bond acceptors (Lipinski definition) is 7. The Kier molecular flexibility index (Phi) is 4.47. The van der Waals surface area contributed by atoms with Gasteiger partial charge in [0.15, 0.2) is 11.5 Å². The van der Waals surface area contributed by atoms with E-state index in [2.05, 4.69) is 15.9 Å². The Morgan fingerprint density at radius 3 is 2.73 bits per heavy atom. The topological polar surface area (TPSA) is 90.3 Å². The molecule has 5 rings (SSSR count). The molecule has 0 bridgehead atoms. The first-order chi connectivity index (χ1) is 14.5. The molecule has 0 spiro atoms. The standard InChI is InChI=1S/C21H16BrN3O5/c1-28-19-10-13(22)9-15-17-11-16(18-3-2-8-29-18)23-24(17)21(30-20(15)19)12-4-6-14(7-5-12)25(26)27/h2-10,17,21H,11H2,1H3/t17-,21-/m1/s1. The number of rotatable bonds is 4. The molecule has 0 fully saturated rings. The van der Waals surface area contributed by atoms with Crippen LogP contribution in [-0.4, -0.2) is 22.8 Å². The third-order valence-electron chi connectivity index (χ3n) is 5.23. The van der Waals surface area contributed by atoms with Crippen molar-refractivity contribution in [3.63, 3.8) is 0 Å². The van der Waals surface area contributed by atoms with Crippen LogP contribution >= 0.6 is 15.9 Å². The Hall–Kier alpha value is -3.33. The molecule has 8 nitrogen and oxygen atoms in total. The van der Waals surface area contributed by atoms with Gasteiger partial charge in [0.05, 0.1) is 24.3 Å². The van der Waals surface area contributed by atoms with Gasteiger partial charge in [-0.15, -0.1) is 0 Å². The van der Waals surface area contributed by atoms with Crippen LogP contribution in [0.1, 0.15) is 35.6 Å². The van der Waals surface area contributed by atoms with Crippen LogP contribution in [0.4, 0.5) is 5.69 Å². The number of hydrogen-bond donors (Lipinski definition) is 0. The lowest BCUT2D eigenvalue weighted by Crippen LogP contribution is -2.34. The minimum Gasteiger partial charge on any atom is -0.493 e. The molecule has 2 aliphatic heterocycles. The van der Waals surface area contributed by atoms with Crippen molar-refractivity contribution in [3.05, 3.63) is 86.3 Å². The number of ether oxygens (including phenoxy) is 2. The van der Waals surface area contributed by atoms with Crippen molar-refractivity contribution in [2.75, 3.05) is 7.11 Å². The lowest BCUT2D eigenvalue weighted by Gasteiger charge is -2.38. The van der Waals surface area contributed by atoms with E-state index in [-0.39, 0.29) is 11.7 Å². The molecule has 2 aliphatic rings. The van der Waals surface area contributed by atoms with Gasteiger partial charge in [0.2, 0.25) is 6.23 Å². The van der Waals surface area contributed by atoms with Gasteiger partial charge in [-0.1, -0.05) is 15.9 Å². The second kappa shape index (κ2) is 7.17. The van der Waals surface area contributed by atoms with Crippen LogP contribution in [0.25, 0.3) is 0 Å². The van der Waals surface area contributed by atoms with E-state index in [9.17, 15) is 10.1 Å². The SMILES string of the molecule is COc1cc(Br)cc2c1O[C@H](c1ccc([N+](=O)[O-])cc1)N1N=C(c3ccco3)C[C@H]21. The van der Waals surface area contributed by atoms with Crippen LogP contribution < -0.4 is 9.47 Å². The van der Waals surface area contributed by atoms with E-state index < -0.39 is 11.2 Å². The number of nitro groups is 1. The van der Waals surface area contributed by atoms with E-state index in [0.717, 1.165) is 21.3 Å². The van der Waals surface area contributed by atoms with Crippen LogP contribution in [0, 0.1) is 10.1 Å². The highest BCUT2D eigenvalue weighted by molar-refractivity contribution is 9.10. The number of benzene rings is 2. The number of methoxy groups -OCH3 is 1. The van der Waals surface area contributed by atoms with Crippen molar-refractivity contribution >= 4 is 27.3 Å². The van der Waals surface area contributed by atoms with Crippen LogP contribution in [0.5, 0.6) is 11.5 Å². The number of nitrogens with zero attached hydrogens (tertiary/aromatic N) is 3. The maximum absolute atomic E-state index is 11.0. The van der Waals surface area contributed by atoms with Crippen molar-refractivity contribution in [1.82, 2.24) is 5.01 Å². The average molecular weight is 470 g/mol. The molecule has 9 heteroatoms. The second-order valence-electron chi connectivity index (χ2n) is 6.97. The van der Waals surface area contributed by atoms with Gasteiger partial charge in [-0.05, 0) is 36.4 Å². The van der Waals surface area contributed by atoms with Crippen LogP contribution in [-0.2, 0) is 0 Å². The summed E-state index contributed by atoms with van der Waals surface area (Å²) in [6.07, 6.45) is 1.69. The van der Waals surface area contributed by atoms with E-state index in [1.807, 2.05) is 29.3 Å². The quantitative estimate of drug-likeness (QED) is 0.385. The van der Waals surface area contributed by atoms with E-state index in [4.69, 9.17) is 19.0 Å². The van der Waals surface area contributed by atoms with Crippen LogP contribution in [0.3, 0.4) is 0 Å².